The van der Waals surface area contributed by atoms with E-state index in [0.29, 0.717) is 22.6 Å². The minimum absolute atomic E-state index is 0.0269. The summed E-state index contributed by atoms with van der Waals surface area (Å²) in [6.45, 7) is 3.10. The number of carbonyl (C=O) groups excluding carboxylic acids is 2. The third-order valence-electron chi connectivity index (χ3n) is 6.55. The van der Waals surface area contributed by atoms with E-state index in [1.165, 1.54) is 5.56 Å². The standard InChI is InChI=1S/C35H28O4/c1-24(36)26-8-16-31(17-9-26)38-33-20-12-29(13-21-33)35(28-6-4-3-5-7-28)30-14-22-34(23-15-30)39-32-18-10-27(11-19-32)25(2)37/h3-23,35H,1-2H3. The summed E-state index contributed by atoms with van der Waals surface area (Å²) in [5.74, 6) is 2.89. The Labute approximate surface area is 228 Å². The molecule has 5 aromatic carbocycles. The minimum Gasteiger partial charge on any atom is -0.457 e. The second kappa shape index (κ2) is 11.6. The van der Waals surface area contributed by atoms with Crippen molar-refractivity contribution in [2.24, 2.45) is 0 Å². The van der Waals surface area contributed by atoms with Crippen LogP contribution in [-0.4, -0.2) is 11.6 Å². The van der Waals surface area contributed by atoms with Gasteiger partial charge in [0.2, 0.25) is 0 Å². The fourth-order valence-corrected chi connectivity index (χ4v) is 4.47. The van der Waals surface area contributed by atoms with Crippen LogP contribution in [0.5, 0.6) is 23.0 Å². The van der Waals surface area contributed by atoms with E-state index in [1.807, 2.05) is 42.5 Å². The summed E-state index contributed by atoms with van der Waals surface area (Å²) in [7, 11) is 0. The fraction of sp³-hybridized carbons (Fsp3) is 0.0857. The molecule has 0 aromatic heterocycles. The number of hydrogen-bond donors (Lipinski definition) is 0. The summed E-state index contributed by atoms with van der Waals surface area (Å²) in [4.78, 5) is 23.0. The lowest BCUT2D eigenvalue weighted by molar-refractivity contribution is 0.100. The molecule has 4 nitrogen and oxygen atoms in total. The smallest absolute Gasteiger partial charge is 0.159 e. The lowest BCUT2D eigenvalue weighted by Gasteiger charge is -2.20. The van der Waals surface area contributed by atoms with Crippen LogP contribution in [0, 0.1) is 0 Å². The van der Waals surface area contributed by atoms with Crippen LogP contribution in [0.3, 0.4) is 0 Å². The summed E-state index contributed by atoms with van der Waals surface area (Å²) in [6.07, 6.45) is 0. The van der Waals surface area contributed by atoms with Crippen LogP contribution in [-0.2, 0) is 0 Å². The van der Waals surface area contributed by atoms with Crippen LogP contribution in [0.2, 0.25) is 0 Å². The van der Waals surface area contributed by atoms with Crippen molar-refractivity contribution in [1.29, 1.82) is 0 Å². The van der Waals surface area contributed by atoms with Gasteiger partial charge in [0.05, 0.1) is 0 Å². The Hall–Kier alpha value is -4.96. The largest absolute Gasteiger partial charge is 0.457 e. The van der Waals surface area contributed by atoms with Crippen molar-refractivity contribution in [2.75, 3.05) is 0 Å². The Morgan fingerprint density at radius 3 is 1.08 bits per heavy atom. The Bertz CT molecular complexity index is 1450. The number of benzene rings is 5. The van der Waals surface area contributed by atoms with E-state index in [1.54, 1.807) is 62.4 Å². The van der Waals surface area contributed by atoms with Gasteiger partial charge in [-0.3, -0.25) is 9.59 Å². The predicted molar refractivity (Wildman–Crippen MR) is 153 cm³/mol. The monoisotopic (exact) mass is 512 g/mol. The zero-order chi connectivity index (χ0) is 27.2. The second-order valence-electron chi connectivity index (χ2n) is 9.35. The zero-order valence-electron chi connectivity index (χ0n) is 21.8. The first-order valence-corrected chi connectivity index (χ1v) is 12.8. The van der Waals surface area contributed by atoms with Crippen LogP contribution < -0.4 is 9.47 Å². The van der Waals surface area contributed by atoms with Gasteiger partial charge in [-0.1, -0.05) is 54.6 Å². The van der Waals surface area contributed by atoms with Crippen molar-refractivity contribution in [1.82, 2.24) is 0 Å². The van der Waals surface area contributed by atoms with Gasteiger partial charge < -0.3 is 9.47 Å². The molecule has 0 aliphatic carbocycles. The fourth-order valence-electron chi connectivity index (χ4n) is 4.47. The van der Waals surface area contributed by atoms with Crippen molar-refractivity contribution in [3.8, 4) is 23.0 Å². The lowest BCUT2D eigenvalue weighted by atomic mass is 9.85. The third kappa shape index (κ3) is 6.31. The molecular weight excluding hydrogens is 484 g/mol. The Balaban J connectivity index is 1.36. The number of ketones is 2. The van der Waals surface area contributed by atoms with Gasteiger partial charge in [-0.25, -0.2) is 0 Å². The molecule has 0 heterocycles. The number of rotatable bonds is 9. The molecule has 39 heavy (non-hydrogen) atoms. The Morgan fingerprint density at radius 1 is 0.436 bits per heavy atom. The molecule has 5 rings (SSSR count). The number of carbonyl (C=O) groups is 2. The molecule has 0 fully saturated rings. The SMILES string of the molecule is CC(=O)c1ccc(Oc2ccc(C(c3ccccc3)c3ccc(Oc4ccc(C(C)=O)cc4)cc3)cc2)cc1. The van der Waals surface area contributed by atoms with Gasteiger partial charge in [0.1, 0.15) is 23.0 Å². The first-order chi connectivity index (χ1) is 19.0. The summed E-state index contributed by atoms with van der Waals surface area (Å²) in [5.41, 5.74) is 4.76. The van der Waals surface area contributed by atoms with Crippen molar-refractivity contribution in [2.45, 2.75) is 19.8 Å². The molecule has 0 spiro atoms. The van der Waals surface area contributed by atoms with Gasteiger partial charge in [-0.15, -0.1) is 0 Å². The first-order valence-electron chi connectivity index (χ1n) is 12.8. The summed E-state index contributed by atoms with van der Waals surface area (Å²) in [5, 5.41) is 0. The predicted octanol–water partition coefficient (Wildman–Crippen LogP) is 8.86. The molecule has 0 saturated carbocycles. The van der Waals surface area contributed by atoms with E-state index < -0.39 is 0 Å². The topological polar surface area (TPSA) is 52.6 Å². The quantitative estimate of drug-likeness (QED) is 0.146. The molecule has 4 heteroatoms. The highest BCUT2D eigenvalue weighted by atomic mass is 16.5. The lowest BCUT2D eigenvalue weighted by Crippen LogP contribution is -2.03. The van der Waals surface area contributed by atoms with E-state index in [0.717, 1.165) is 22.6 Å². The summed E-state index contributed by atoms with van der Waals surface area (Å²) >= 11 is 0. The molecule has 0 amide bonds. The Kier molecular flexibility index (Phi) is 7.65. The highest BCUT2D eigenvalue weighted by molar-refractivity contribution is 5.94. The van der Waals surface area contributed by atoms with E-state index in [9.17, 15) is 9.59 Å². The third-order valence-corrected chi connectivity index (χ3v) is 6.55. The normalized spacial score (nSPS) is 10.7. The van der Waals surface area contributed by atoms with Crippen LogP contribution in [0.15, 0.2) is 127 Å². The molecule has 0 bridgehead atoms. The molecule has 0 aliphatic heterocycles. The van der Waals surface area contributed by atoms with Crippen molar-refractivity contribution < 1.29 is 19.1 Å². The van der Waals surface area contributed by atoms with E-state index in [-0.39, 0.29) is 17.5 Å². The molecule has 192 valence electrons. The Morgan fingerprint density at radius 2 is 0.744 bits per heavy atom. The minimum atomic E-state index is 0.0269. The van der Waals surface area contributed by atoms with E-state index in [2.05, 4.69) is 36.4 Å². The molecule has 0 aliphatic rings. The van der Waals surface area contributed by atoms with Gasteiger partial charge in [-0.05, 0) is 103 Å². The van der Waals surface area contributed by atoms with Crippen molar-refractivity contribution in [3.05, 3.63) is 155 Å². The highest BCUT2D eigenvalue weighted by Crippen LogP contribution is 2.35. The van der Waals surface area contributed by atoms with Crippen LogP contribution in [0.4, 0.5) is 0 Å². The maximum atomic E-state index is 11.5. The second-order valence-corrected chi connectivity index (χ2v) is 9.35. The molecule has 0 atom stereocenters. The average molecular weight is 513 g/mol. The van der Waals surface area contributed by atoms with Gasteiger partial charge >= 0.3 is 0 Å². The summed E-state index contributed by atoms with van der Waals surface area (Å²) in [6, 6.07) is 40.9. The summed E-state index contributed by atoms with van der Waals surface area (Å²) < 4.78 is 12.0. The number of Topliss-reactive ketones (excluding diaryl/α,β-unsaturated/α-hetero) is 2. The molecule has 0 N–H and O–H groups in total. The maximum absolute atomic E-state index is 11.5. The zero-order valence-corrected chi connectivity index (χ0v) is 21.8. The first kappa shape index (κ1) is 25.7. The van der Waals surface area contributed by atoms with Gasteiger partial charge in [0.15, 0.2) is 11.6 Å². The van der Waals surface area contributed by atoms with Gasteiger partial charge in [0.25, 0.3) is 0 Å². The van der Waals surface area contributed by atoms with Crippen molar-refractivity contribution >= 4 is 11.6 Å². The van der Waals surface area contributed by atoms with Gasteiger partial charge in [0, 0.05) is 17.0 Å². The molecule has 5 aromatic rings. The molecular formula is C35H28O4. The average Bonchev–Trinajstić information content (AvgIpc) is 2.96. The number of hydrogen-bond acceptors (Lipinski definition) is 4. The highest BCUT2D eigenvalue weighted by Gasteiger charge is 2.17. The van der Waals surface area contributed by atoms with E-state index in [4.69, 9.17) is 9.47 Å². The van der Waals surface area contributed by atoms with Crippen LogP contribution in [0.25, 0.3) is 0 Å². The van der Waals surface area contributed by atoms with Crippen molar-refractivity contribution in [3.63, 3.8) is 0 Å². The van der Waals surface area contributed by atoms with Crippen LogP contribution in [0.1, 0.15) is 57.2 Å². The molecule has 0 saturated heterocycles. The molecule has 0 unspecified atom stereocenters. The van der Waals surface area contributed by atoms with Gasteiger partial charge in [-0.2, -0.15) is 0 Å². The van der Waals surface area contributed by atoms with E-state index >= 15 is 0 Å². The maximum Gasteiger partial charge on any atom is 0.159 e. The molecule has 0 radical (unpaired) electrons. The number of ether oxygens (including phenoxy) is 2. The van der Waals surface area contributed by atoms with Crippen LogP contribution >= 0.6 is 0 Å².